The molecule has 4 heterocycles. The number of hydrogen-bond donors (Lipinski definition) is 0. The van der Waals surface area contributed by atoms with Crippen molar-refractivity contribution in [3.05, 3.63) is 188 Å². The third kappa shape index (κ3) is 4.52. The molecule has 8 aromatic carbocycles. The summed E-state index contributed by atoms with van der Waals surface area (Å²) in [6.07, 6.45) is 0. The SMILES string of the molecule is c1ccc(-c2nc3nc(n2)c2ccccc2c2cc(cc4c5ccc(-n6c7ccccc7c7ccccc76)cc5n(-c5ccccc5)c24)c2ccccc32)cc1. The lowest BCUT2D eigenvalue weighted by Crippen LogP contribution is -1.97. The first kappa shape index (κ1) is 30.8. The number of benzene rings is 8. The molecule has 260 valence electrons. The summed E-state index contributed by atoms with van der Waals surface area (Å²) in [4.78, 5) is 15.5. The van der Waals surface area contributed by atoms with Crippen molar-refractivity contribution in [3.63, 3.8) is 0 Å². The van der Waals surface area contributed by atoms with Crippen molar-refractivity contribution in [1.82, 2.24) is 24.1 Å². The maximum atomic E-state index is 5.21. The van der Waals surface area contributed by atoms with E-state index in [0.717, 1.165) is 60.3 Å². The van der Waals surface area contributed by atoms with Gasteiger partial charge >= 0.3 is 0 Å². The molecule has 5 nitrogen and oxygen atoms in total. The summed E-state index contributed by atoms with van der Waals surface area (Å²) < 4.78 is 4.85. The van der Waals surface area contributed by atoms with E-state index in [1.54, 1.807) is 0 Å². The Bertz CT molecular complexity index is 3530. The highest BCUT2D eigenvalue weighted by atomic mass is 15.0. The molecule has 0 atom stereocenters. The van der Waals surface area contributed by atoms with Gasteiger partial charge < -0.3 is 9.13 Å². The van der Waals surface area contributed by atoms with Gasteiger partial charge in [-0.05, 0) is 64.7 Å². The Morgan fingerprint density at radius 2 is 0.804 bits per heavy atom. The van der Waals surface area contributed by atoms with Crippen LogP contribution in [0.5, 0.6) is 0 Å². The Morgan fingerprint density at radius 3 is 1.46 bits per heavy atom. The molecule has 0 fully saturated rings. The van der Waals surface area contributed by atoms with Crippen LogP contribution in [-0.4, -0.2) is 24.1 Å². The van der Waals surface area contributed by atoms with Crippen molar-refractivity contribution in [1.29, 1.82) is 0 Å². The van der Waals surface area contributed by atoms with Gasteiger partial charge in [0, 0.05) is 54.6 Å². The second-order valence-electron chi connectivity index (χ2n) is 14.4. The predicted octanol–water partition coefficient (Wildman–Crippen LogP) is 12.9. The first-order valence-corrected chi connectivity index (χ1v) is 19.0. The highest BCUT2D eigenvalue weighted by Crippen LogP contribution is 2.41. The first-order valence-electron chi connectivity index (χ1n) is 19.0. The quantitative estimate of drug-likeness (QED) is 0.183. The summed E-state index contributed by atoms with van der Waals surface area (Å²) >= 11 is 0. The van der Waals surface area contributed by atoms with Crippen molar-refractivity contribution in [2.45, 2.75) is 0 Å². The summed E-state index contributed by atoms with van der Waals surface area (Å²) in [5, 5.41) is 11.2. The van der Waals surface area contributed by atoms with Gasteiger partial charge in [-0.2, -0.15) is 0 Å². The van der Waals surface area contributed by atoms with Crippen molar-refractivity contribution < 1.29 is 0 Å². The second-order valence-corrected chi connectivity index (χ2v) is 14.4. The van der Waals surface area contributed by atoms with Gasteiger partial charge in [-0.3, -0.25) is 0 Å². The predicted molar refractivity (Wildman–Crippen MR) is 233 cm³/mol. The number of aromatic nitrogens is 5. The van der Waals surface area contributed by atoms with Crippen molar-refractivity contribution in [3.8, 4) is 22.8 Å². The lowest BCUT2D eigenvalue weighted by molar-refractivity contribution is 1.16. The molecular weight excluding hydrogens is 683 g/mol. The van der Waals surface area contributed by atoms with Crippen LogP contribution in [0.3, 0.4) is 0 Å². The van der Waals surface area contributed by atoms with E-state index in [9.17, 15) is 0 Å². The molecule has 4 bridgehead atoms. The zero-order chi connectivity index (χ0) is 36.7. The van der Waals surface area contributed by atoms with E-state index in [1.165, 1.54) is 32.6 Å². The van der Waals surface area contributed by atoms with Gasteiger partial charge in [0.1, 0.15) is 0 Å². The molecule has 0 saturated heterocycles. The van der Waals surface area contributed by atoms with Gasteiger partial charge in [-0.15, -0.1) is 0 Å². The van der Waals surface area contributed by atoms with Gasteiger partial charge in [-0.1, -0.05) is 140 Å². The van der Waals surface area contributed by atoms with E-state index < -0.39 is 0 Å². The second kappa shape index (κ2) is 11.9. The lowest BCUT2D eigenvalue weighted by atomic mass is 10.00. The minimum Gasteiger partial charge on any atom is -0.309 e. The molecule has 0 saturated carbocycles. The largest absolute Gasteiger partial charge is 0.309 e. The fraction of sp³-hybridized carbons (Fsp3) is 0. The molecule has 0 radical (unpaired) electrons. The average Bonchev–Trinajstić information content (AvgIpc) is 3.79. The molecule has 56 heavy (non-hydrogen) atoms. The molecule has 0 aliphatic carbocycles. The van der Waals surface area contributed by atoms with E-state index in [4.69, 9.17) is 15.0 Å². The maximum Gasteiger partial charge on any atom is 0.164 e. The summed E-state index contributed by atoms with van der Waals surface area (Å²) in [5.74, 6) is 0.653. The Hall–Kier alpha value is -7.63. The smallest absolute Gasteiger partial charge is 0.164 e. The zero-order valence-corrected chi connectivity index (χ0v) is 30.1. The molecule has 0 unspecified atom stereocenters. The highest BCUT2D eigenvalue weighted by molar-refractivity contribution is 6.24. The van der Waals surface area contributed by atoms with Crippen LogP contribution in [0.4, 0.5) is 0 Å². The third-order valence-corrected chi connectivity index (χ3v) is 11.3. The minimum absolute atomic E-state index is 0.649. The Balaban J connectivity index is 1.30. The Kier molecular flexibility index (Phi) is 6.56. The van der Waals surface area contributed by atoms with Crippen LogP contribution in [0.15, 0.2) is 188 Å². The fourth-order valence-corrected chi connectivity index (χ4v) is 8.86. The van der Waals surface area contributed by atoms with E-state index in [0.29, 0.717) is 17.1 Å². The van der Waals surface area contributed by atoms with Crippen molar-refractivity contribution in [2.75, 3.05) is 0 Å². The molecular formula is C51H31N5. The molecule has 0 N–H and O–H groups in total. The van der Waals surface area contributed by atoms with Crippen LogP contribution >= 0.6 is 0 Å². The number of fused-ring (bicyclic) bond motifs is 17. The molecule has 0 aliphatic heterocycles. The number of para-hydroxylation sites is 3. The summed E-state index contributed by atoms with van der Waals surface area (Å²) in [6, 6.07) is 67.1. The van der Waals surface area contributed by atoms with Crippen LogP contribution in [0.1, 0.15) is 0 Å². The van der Waals surface area contributed by atoms with Gasteiger partial charge in [-0.25, -0.2) is 15.0 Å². The van der Waals surface area contributed by atoms with Crippen LogP contribution in [-0.2, 0) is 0 Å². The van der Waals surface area contributed by atoms with E-state index in [2.05, 4.69) is 179 Å². The van der Waals surface area contributed by atoms with Crippen LogP contribution in [0, 0.1) is 0 Å². The molecule has 4 aromatic heterocycles. The van der Waals surface area contributed by atoms with E-state index in [-0.39, 0.29) is 0 Å². The molecule has 0 aliphatic rings. The topological polar surface area (TPSA) is 48.5 Å². The normalized spacial score (nSPS) is 11.9. The van der Waals surface area contributed by atoms with Crippen LogP contribution < -0.4 is 0 Å². The monoisotopic (exact) mass is 713 g/mol. The molecule has 12 rings (SSSR count). The zero-order valence-electron chi connectivity index (χ0n) is 30.1. The summed E-state index contributed by atoms with van der Waals surface area (Å²) in [7, 11) is 0. The maximum absolute atomic E-state index is 5.21. The van der Waals surface area contributed by atoms with Gasteiger partial charge in [0.05, 0.1) is 22.1 Å². The van der Waals surface area contributed by atoms with Gasteiger partial charge in [0.25, 0.3) is 0 Å². The van der Waals surface area contributed by atoms with Crippen molar-refractivity contribution in [2.24, 2.45) is 0 Å². The van der Waals surface area contributed by atoms with Gasteiger partial charge in [0.2, 0.25) is 0 Å². The standard InChI is InChI=1S/C51H31N5/c1-3-15-32(16-4-1)49-52-50-41-23-9-7-19-36(41)33-29-43(37-20-8-10-24-42(37)51(53-49)54-50)48-44(30-33)40-28-27-35(31-47(40)56(48)34-17-5-2-6-18-34)55-45-25-13-11-21-38(45)39-22-12-14-26-46(39)55/h1-31H. The average molecular weight is 714 g/mol. The molecule has 0 amide bonds. The fourth-order valence-electron chi connectivity index (χ4n) is 8.86. The summed E-state index contributed by atoms with van der Waals surface area (Å²) in [5.41, 5.74) is 9.12. The minimum atomic E-state index is 0.649. The number of nitrogens with zero attached hydrogens (tertiary/aromatic N) is 5. The third-order valence-electron chi connectivity index (χ3n) is 11.3. The van der Waals surface area contributed by atoms with Crippen molar-refractivity contribution >= 4 is 87.2 Å². The highest BCUT2D eigenvalue weighted by Gasteiger charge is 2.20. The van der Waals surface area contributed by atoms with E-state index >= 15 is 0 Å². The first-order chi connectivity index (χ1) is 27.8. The van der Waals surface area contributed by atoms with Gasteiger partial charge in [0.15, 0.2) is 17.1 Å². The van der Waals surface area contributed by atoms with Crippen LogP contribution in [0.25, 0.3) is 110 Å². The lowest BCUT2D eigenvalue weighted by Gasteiger charge is -2.12. The number of rotatable bonds is 3. The summed E-state index contributed by atoms with van der Waals surface area (Å²) in [6.45, 7) is 0. The molecule has 12 aromatic rings. The molecule has 0 spiro atoms. The molecule has 5 heteroatoms. The Morgan fingerprint density at radius 1 is 0.304 bits per heavy atom. The van der Waals surface area contributed by atoms with E-state index in [1.807, 2.05) is 18.2 Å². The number of hydrogen-bond acceptors (Lipinski definition) is 3. The van der Waals surface area contributed by atoms with Crippen LogP contribution in [0.2, 0.25) is 0 Å². The Labute approximate surface area is 321 Å².